The van der Waals surface area contributed by atoms with Crippen molar-refractivity contribution in [2.45, 2.75) is 52.4 Å². The maximum atomic E-state index is 3.79. The summed E-state index contributed by atoms with van der Waals surface area (Å²) in [5, 5.41) is 0. The fourth-order valence-corrected chi connectivity index (χ4v) is 3.62. The molecule has 2 aliphatic rings. The van der Waals surface area contributed by atoms with Gasteiger partial charge in [-0.2, -0.15) is 12.1 Å². The Bertz CT molecular complexity index is 885. The normalized spacial score (nSPS) is 13.7. The summed E-state index contributed by atoms with van der Waals surface area (Å²) in [6.45, 7) is 11.1. The van der Waals surface area contributed by atoms with Crippen LogP contribution in [0.4, 0.5) is 0 Å². The predicted molar refractivity (Wildman–Crippen MR) is 110 cm³/mol. The van der Waals surface area contributed by atoms with Gasteiger partial charge in [0.2, 0.25) is 0 Å². The SMILES string of the molecule is CC(C)(C)c1cc2c([c-]c1C1C=CC=C1)Cc1ccccc1-2.C[C](C)=[Zr+2].[Cl-].[Cl-]. The smallest absolute Gasteiger partial charge is 1.00 e. The van der Waals surface area contributed by atoms with E-state index in [1.807, 2.05) is 0 Å². The maximum Gasteiger partial charge on any atom is -1.00 e. The molecule has 2 aliphatic carbocycles. The molecule has 0 saturated heterocycles. The van der Waals surface area contributed by atoms with Crippen LogP contribution in [0.1, 0.15) is 62.8 Å². The van der Waals surface area contributed by atoms with Gasteiger partial charge in [-0.3, -0.25) is 0 Å². The number of hydrogen-bond donors (Lipinski definition) is 0. The molecule has 0 fully saturated rings. The molecule has 28 heavy (non-hydrogen) atoms. The van der Waals surface area contributed by atoms with Crippen LogP contribution in [0, 0.1) is 6.07 Å². The topological polar surface area (TPSA) is 0 Å². The van der Waals surface area contributed by atoms with Gasteiger partial charge in [-0.05, 0) is 12.3 Å². The summed E-state index contributed by atoms with van der Waals surface area (Å²) in [4.78, 5) is 0. The Kier molecular flexibility index (Phi) is 9.33. The van der Waals surface area contributed by atoms with E-state index in [1.54, 1.807) is 24.2 Å². The van der Waals surface area contributed by atoms with Gasteiger partial charge < -0.3 is 24.8 Å². The molecule has 0 N–H and O–H groups in total. The van der Waals surface area contributed by atoms with Crippen LogP contribution in [0.3, 0.4) is 0 Å². The van der Waals surface area contributed by atoms with Crippen molar-refractivity contribution in [1.29, 1.82) is 0 Å². The molecule has 0 unspecified atom stereocenters. The van der Waals surface area contributed by atoms with E-state index < -0.39 is 0 Å². The molecule has 0 atom stereocenters. The van der Waals surface area contributed by atoms with Gasteiger partial charge in [-0.25, -0.2) is 0 Å². The summed E-state index contributed by atoms with van der Waals surface area (Å²) in [6.07, 6.45) is 9.86. The minimum absolute atomic E-state index is 0. The van der Waals surface area contributed by atoms with Crippen LogP contribution >= 0.6 is 0 Å². The molecule has 0 aromatic heterocycles. The first kappa shape index (κ1) is 25.3. The van der Waals surface area contributed by atoms with Gasteiger partial charge in [-0.15, -0.1) is 22.3 Å². The third-order valence-corrected chi connectivity index (χ3v) is 4.75. The summed E-state index contributed by atoms with van der Waals surface area (Å²) >= 11 is 1.55. The van der Waals surface area contributed by atoms with E-state index in [0.29, 0.717) is 5.92 Å². The number of rotatable bonds is 1. The Balaban J connectivity index is 0.000000601. The second-order valence-corrected chi connectivity index (χ2v) is 10.8. The van der Waals surface area contributed by atoms with Crippen molar-refractivity contribution in [2.75, 3.05) is 0 Å². The molecule has 3 heteroatoms. The van der Waals surface area contributed by atoms with Crippen molar-refractivity contribution in [2.24, 2.45) is 0 Å². The standard InChI is InChI=1S/C22H21.C3H6.2ClH.Zr/c1-22(2,3)21-14-19-17(12-16-10-6-7-11-18(16)19)13-20(21)15-8-4-5-9-15;1-3-2;;;/h4-11,14-15H,12H2,1-3H3;1-2H3;2*1H;/q-1;;;;+2/p-2. The summed E-state index contributed by atoms with van der Waals surface area (Å²) in [7, 11) is 0. The van der Waals surface area contributed by atoms with Gasteiger partial charge in [0.25, 0.3) is 0 Å². The van der Waals surface area contributed by atoms with Gasteiger partial charge in [0.15, 0.2) is 0 Å². The number of fused-ring (bicyclic) bond motifs is 3. The average Bonchev–Trinajstić information content (AvgIpc) is 3.19. The van der Waals surface area contributed by atoms with E-state index in [0.717, 1.165) is 6.42 Å². The van der Waals surface area contributed by atoms with Crippen molar-refractivity contribution in [1.82, 2.24) is 0 Å². The Hall–Kier alpha value is -0.747. The number of hydrogen-bond acceptors (Lipinski definition) is 0. The van der Waals surface area contributed by atoms with Crippen LogP contribution in [-0.2, 0) is 36.1 Å². The monoisotopic (exact) mass is 487 g/mol. The van der Waals surface area contributed by atoms with Gasteiger partial charge in [0, 0.05) is 0 Å². The molecule has 2 aromatic rings. The Morgan fingerprint density at radius 2 is 1.57 bits per heavy atom. The summed E-state index contributed by atoms with van der Waals surface area (Å²) in [6, 6.07) is 15.0. The molecule has 0 saturated carbocycles. The number of benzene rings is 2. The van der Waals surface area contributed by atoms with E-state index in [4.69, 9.17) is 0 Å². The third-order valence-electron chi connectivity index (χ3n) is 4.75. The molecule has 4 rings (SSSR count). The zero-order valence-electron chi connectivity index (χ0n) is 17.2. The second kappa shape index (κ2) is 10.3. The van der Waals surface area contributed by atoms with Crippen LogP contribution in [-0.4, -0.2) is 3.21 Å². The second-order valence-electron chi connectivity index (χ2n) is 8.37. The molecular formula is C25H27Cl2Zr-. The maximum absolute atomic E-state index is 3.79. The van der Waals surface area contributed by atoms with Crippen LogP contribution in [0.15, 0.2) is 54.6 Å². The quantitative estimate of drug-likeness (QED) is 0.432. The molecule has 0 heterocycles. The van der Waals surface area contributed by atoms with Gasteiger partial charge in [0.05, 0.1) is 0 Å². The van der Waals surface area contributed by atoms with Crippen LogP contribution < -0.4 is 24.8 Å². The molecule has 0 radical (unpaired) electrons. The van der Waals surface area contributed by atoms with Crippen LogP contribution in [0.2, 0.25) is 0 Å². The van der Waals surface area contributed by atoms with Gasteiger partial charge in [-0.1, -0.05) is 85.9 Å². The zero-order chi connectivity index (χ0) is 18.9. The van der Waals surface area contributed by atoms with Crippen molar-refractivity contribution in [3.63, 3.8) is 0 Å². The first-order valence-corrected chi connectivity index (χ1v) is 10.5. The molecule has 0 spiro atoms. The Morgan fingerprint density at radius 3 is 2.14 bits per heavy atom. The minimum atomic E-state index is 0. The Labute approximate surface area is 197 Å². The van der Waals surface area contributed by atoms with E-state index in [9.17, 15) is 0 Å². The molecule has 2 aromatic carbocycles. The van der Waals surface area contributed by atoms with Gasteiger partial charge >= 0.3 is 41.3 Å². The average molecular weight is 490 g/mol. The minimum Gasteiger partial charge on any atom is -1.00 e. The first-order chi connectivity index (χ1) is 12.3. The fourth-order valence-electron chi connectivity index (χ4n) is 3.62. The number of allylic oxidation sites excluding steroid dienone is 4. The molecule has 0 nitrogen and oxygen atoms in total. The summed E-state index contributed by atoms with van der Waals surface area (Å²) < 4.78 is 1.51. The van der Waals surface area contributed by atoms with E-state index >= 15 is 0 Å². The number of halogens is 2. The predicted octanol–water partition coefficient (Wildman–Crippen LogP) is 0.318. The molecule has 0 amide bonds. The first-order valence-electron chi connectivity index (χ1n) is 9.32. The molecule has 0 aliphatic heterocycles. The molecule has 0 bridgehead atoms. The fraction of sp³-hybridized carbons (Fsp3) is 0.320. The van der Waals surface area contributed by atoms with Crippen molar-refractivity contribution >= 4 is 3.21 Å². The Morgan fingerprint density at radius 1 is 1.00 bits per heavy atom. The van der Waals surface area contributed by atoms with Crippen molar-refractivity contribution in [3.05, 3.63) is 83.0 Å². The van der Waals surface area contributed by atoms with E-state index in [1.165, 1.54) is 36.6 Å². The van der Waals surface area contributed by atoms with E-state index in [2.05, 4.69) is 95.3 Å². The molecule has 146 valence electrons. The van der Waals surface area contributed by atoms with Gasteiger partial charge in [0.1, 0.15) is 0 Å². The summed E-state index contributed by atoms with van der Waals surface area (Å²) in [5.41, 5.74) is 8.47. The van der Waals surface area contributed by atoms with E-state index in [-0.39, 0.29) is 30.2 Å². The van der Waals surface area contributed by atoms with Crippen molar-refractivity contribution < 1.29 is 49.0 Å². The summed E-state index contributed by atoms with van der Waals surface area (Å²) in [5.74, 6) is 0.378. The molecular weight excluding hydrogens is 462 g/mol. The van der Waals surface area contributed by atoms with Crippen LogP contribution in [0.25, 0.3) is 11.1 Å². The third kappa shape index (κ3) is 5.65. The zero-order valence-corrected chi connectivity index (χ0v) is 21.2. The van der Waals surface area contributed by atoms with Crippen molar-refractivity contribution in [3.8, 4) is 11.1 Å². The largest absolute Gasteiger partial charge is 1.00 e. The van der Waals surface area contributed by atoms with Crippen LogP contribution in [0.5, 0.6) is 0 Å².